The van der Waals surface area contributed by atoms with Gasteiger partial charge in [-0.05, 0) is 36.4 Å². The molecule has 0 N–H and O–H groups in total. The van der Waals surface area contributed by atoms with Crippen molar-refractivity contribution in [2.75, 3.05) is 12.9 Å². The summed E-state index contributed by atoms with van der Waals surface area (Å²) in [6.07, 6.45) is 1.88. The lowest BCUT2D eigenvalue weighted by molar-refractivity contribution is 0.415. The minimum Gasteiger partial charge on any atom is -0.497 e. The molecule has 24 heavy (non-hydrogen) atoms. The van der Waals surface area contributed by atoms with E-state index < -0.39 is 0 Å². The maximum absolute atomic E-state index is 5.61. The Balaban J connectivity index is 2.05. The second-order valence-corrected chi connectivity index (χ2v) is 6.12. The van der Waals surface area contributed by atoms with E-state index in [1.807, 2.05) is 60.7 Å². The molecule has 122 valence electrons. The number of methoxy groups -OCH3 is 1. The van der Waals surface area contributed by atoms with Crippen LogP contribution in [0.2, 0.25) is 0 Å². The smallest absolute Gasteiger partial charge is 0.196 e. The summed E-state index contributed by atoms with van der Waals surface area (Å²) in [7, 11) is 1.65. The number of para-hydroxylation sites is 1. The Morgan fingerprint density at radius 2 is 1.83 bits per heavy atom. The van der Waals surface area contributed by atoms with Crippen LogP contribution in [0.3, 0.4) is 0 Å². The molecule has 0 spiro atoms. The molecule has 0 atom stereocenters. The highest BCUT2D eigenvalue weighted by molar-refractivity contribution is 7.99. The monoisotopic (exact) mass is 357 g/mol. The van der Waals surface area contributed by atoms with Crippen LogP contribution >= 0.6 is 23.4 Å². The summed E-state index contributed by atoms with van der Waals surface area (Å²) in [5, 5.41) is 9.56. The van der Waals surface area contributed by atoms with E-state index in [0.717, 1.165) is 33.7 Å². The van der Waals surface area contributed by atoms with Gasteiger partial charge in [-0.3, -0.25) is 4.57 Å². The van der Waals surface area contributed by atoms with Crippen molar-refractivity contribution < 1.29 is 4.74 Å². The largest absolute Gasteiger partial charge is 0.497 e. The van der Waals surface area contributed by atoms with Crippen LogP contribution < -0.4 is 4.74 Å². The van der Waals surface area contributed by atoms with Crippen LogP contribution in [0.15, 0.2) is 71.4 Å². The normalized spacial score (nSPS) is 11.1. The molecule has 1 aromatic heterocycles. The van der Waals surface area contributed by atoms with E-state index in [1.165, 1.54) is 5.54 Å². The molecule has 0 unspecified atom stereocenters. The zero-order valence-electron chi connectivity index (χ0n) is 13.1. The highest BCUT2D eigenvalue weighted by Crippen LogP contribution is 2.28. The molecular weight excluding hydrogens is 342 g/mol. The number of hydrogen-bond acceptors (Lipinski definition) is 4. The summed E-state index contributed by atoms with van der Waals surface area (Å²) in [4.78, 5) is 0. The Hall–Kier alpha value is -2.24. The highest BCUT2D eigenvalue weighted by Gasteiger charge is 2.15. The number of ether oxygens (including phenoxy) is 1. The standard InChI is InChI=1S/C18H16ClN3OS/c1-23-16-10-8-14(9-11-16)17-20-21-18(24-13-5-12-19)22(17)15-6-3-2-4-7-15/h2-12H,13H2,1H3/b12-5+. The second-order valence-electron chi connectivity index (χ2n) is 4.88. The van der Waals surface area contributed by atoms with Gasteiger partial charge in [0.25, 0.3) is 0 Å². The SMILES string of the molecule is COc1ccc(-c2nnc(SC/C=C/Cl)n2-c2ccccc2)cc1. The quantitative estimate of drug-likeness (QED) is 0.595. The van der Waals surface area contributed by atoms with Crippen molar-refractivity contribution in [3.05, 3.63) is 66.2 Å². The molecule has 4 nitrogen and oxygen atoms in total. The van der Waals surface area contributed by atoms with E-state index in [-0.39, 0.29) is 0 Å². The topological polar surface area (TPSA) is 39.9 Å². The van der Waals surface area contributed by atoms with E-state index in [4.69, 9.17) is 16.3 Å². The molecular formula is C18H16ClN3OS. The zero-order chi connectivity index (χ0) is 16.8. The van der Waals surface area contributed by atoms with Gasteiger partial charge in [0.2, 0.25) is 0 Å². The predicted octanol–water partition coefficient (Wildman–Crippen LogP) is 4.79. The number of nitrogens with zero attached hydrogens (tertiary/aromatic N) is 3. The molecule has 3 rings (SSSR count). The van der Waals surface area contributed by atoms with Crippen molar-refractivity contribution in [1.29, 1.82) is 0 Å². The minimum atomic E-state index is 0.733. The minimum absolute atomic E-state index is 0.733. The first-order valence-corrected chi connectivity index (χ1v) is 8.79. The number of halogens is 1. The van der Waals surface area contributed by atoms with Crippen molar-refractivity contribution in [3.63, 3.8) is 0 Å². The summed E-state index contributed by atoms with van der Waals surface area (Å²) < 4.78 is 7.27. The molecule has 0 saturated carbocycles. The molecule has 0 aliphatic heterocycles. The average Bonchev–Trinajstić information content (AvgIpc) is 3.06. The first-order valence-electron chi connectivity index (χ1n) is 7.37. The van der Waals surface area contributed by atoms with E-state index in [1.54, 1.807) is 18.9 Å². The average molecular weight is 358 g/mol. The fourth-order valence-corrected chi connectivity index (χ4v) is 3.22. The van der Waals surface area contributed by atoms with Crippen molar-refractivity contribution in [1.82, 2.24) is 14.8 Å². The van der Waals surface area contributed by atoms with Crippen LogP contribution in [0, 0.1) is 0 Å². The predicted molar refractivity (Wildman–Crippen MR) is 99.1 cm³/mol. The van der Waals surface area contributed by atoms with Crippen LogP contribution in [-0.4, -0.2) is 27.6 Å². The van der Waals surface area contributed by atoms with Crippen LogP contribution in [0.5, 0.6) is 5.75 Å². The lowest BCUT2D eigenvalue weighted by atomic mass is 10.2. The highest BCUT2D eigenvalue weighted by atomic mass is 35.5. The van der Waals surface area contributed by atoms with Gasteiger partial charge in [-0.1, -0.05) is 47.6 Å². The van der Waals surface area contributed by atoms with Crippen LogP contribution in [-0.2, 0) is 0 Å². The van der Waals surface area contributed by atoms with E-state index >= 15 is 0 Å². The fourth-order valence-electron chi connectivity index (χ4n) is 2.26. The zero-order valence-corrected chi connectivity index (χ0v) is 14.7. The molecule has 1 heterocycles. The molecule has 6 heteroatoms. The second kappa shape index (κ2) is 8.04. The summed E-state index contributed by atoms with van der Waals surface area (Å²) in [5.74, 6) is 2.34. The Morgan fingerprint density at radius 1 is 1.08 bits per heavy atom. The van der Waals surface area contributed by atoms with Crippen LogP contribution in [0.1, 0.15) is 0 Å². The molecule has 0 fully saturated rings. The van der Waals surface area contributed by atoms with Gasteiger partial charge < -0.3 is 4.74 Å². The maximum Gasteiger partial charge on any atom is 0.196 e. The third-order valence-corrected chi connectivity index (χ3v) is 4.45. The summed E-state index contributed by atoms with van der Waals surface area (Å²) in [5.41, 5.74) is 3.51. The van der Waals surface area contributed by atoms with Crippen molar-refractivity contribution in [3.8, 4) is 22.8 Å². The Labute approximate surface area is 150 Å². The molecule has 3 aromatic rings. The van der Waals surface area contributed by atoms with Crippen molar-refractivity contribution in [2.45, 2.75) is 5.16 Å². The number of benzene rings is 2. The number of rotatable bonds is 6. The first-order chi connectivity index (χ1) is 11.8. The lowest BCUT2D eigenvalue weighted by Gasteiger charge is -2.10. The molecule has 0 radical (unpaired) electrons. The van der Waals surface area contributed by atoms with E-state index in [2.05, 4.69) is 14.8 Å². The van der Waals surface area contributed by atoms with Gasteiger partial charge in [0.05, 0.1) is 7.11 Å². The van der Waals surface area contributed by atoms with E-state index in [9.17, 15) is 0 Å². The van der Waals surface area contributed by atoms with Gasteiger partial charge in [-0.25, -0.2) is 0 Å². The van der Waals surface area contributed by atoms with Gasteiger partial charge in [0.1, 0.15) is 5.75 Å². The Kier molecular flexibility index (Phi) is 5.56. The summed E-state index contributed by atoms with van der Waals surface area (Å²) in [6.45, 7) is 0. The van der Waals surface area contributed by atoms with E-state index in [0.29, 0.717) is 0 Å². The van der Waals surface area contributed by atoms with Gasteiger partial charge in [-0.15, -0.1) is 10.2 Å². The Morgan fingerprint density at radius 3 is 2.50 bits per heavy atom. The third kappa shape index (κ3) is 3.63. The van der Waals surface area contributed by atoms with Gasteiger partial charge in [0, 0.05) is 22.5 Å². The number of aromatic nitrogens is 3. The van der Waals surface area contributed by atoms with Gasteiger partial charge in [0.15, 0.2) is 11.0 Å². The van der Waals surface area contributed by atoms with Crippen molar-refractivity contribution >= 4 is 23.4 Å². The molecule has 0 bridgehead atoms. The van der Waals surface area contributed by atoms with Gasteiger partial charge in [-0.2, -0.15) is 0 Å². The van der Waals surface area contributed by atoms with Gasteiger partial charge >= 0.3 is 0 Å². The Bertz CT molecular complexity index is 816. The molecule has 0 saturated heterocycles. The molecule has 0 aliphatic carbocycles. The summed E-state index contributed by atoms with van der Waals surface area (Å²) in [6, 6.07) is 17.9. The molecule has 0 aliphatic rings. The molecule has 2 aromatic carbocycles. The third-order valence-electron chi connectivity index (χ3n) is 3.39. The first kappa shape index (κ1) is 16.6. The van der Waals surface area contributed by atoms with Crippen LogP contribution in [0.25, 0.3) is 17.1 Å². The number of hydrogen-bond donors (Lipinski definition) is 0. The lowest BCUT2D eigenvalue weighted by Crippen LogP contribution is -1.99. The number of thioether (sulfide) groups is 1. The maximum atomic E-state index is 5.61. The summed E-state index contributed by atoms with van der Waals surface area (Å²) >= 11 is 7.19. The van der Waals surface area contributed by atoms with Crippen LogP contribution in [0.4, 0.5) is 0 Å². The fraction of sp³-hybridized carbons (Fsp3) is 0.111. The van der Waals surface area contributed by atoms with Crippen molar-refractivity contribution in [2.24, 2.45) is 0 Å². The molecule has 0 amide bonds.